The largest absolute Gasteiger partial charge is 0.508 e. The molecule has 0 aromatic heterocycles. The predicted octanol–water partition coefficient (Wildman–Crippen LogP) is 4.72. The van der Waals surface area contributed by atoms with E-state index in [-0.39, 0.29) is 10.6 Å². The number of phenols is 1. The van der Waals surface area contributed by atoms with Crippen LogP contribution < -0.4 is 0 Å². The van der Waals surface area contributed by atoms with E-state index in [0.717, 1.165) is 18.4 Å². The Labute approximate surface area is 150 Å². The summed E-state index contributed by atoms with van der Waals surface area (Å²) in [6, 6.07) is 12.9. The van der Waals surface area contributed by atoms with Crippen molar-refractivity contribution in [3.8, 4) is 28.0 Å². The van der Waals surface area contributed by atoms with Crippen LogP contribution in [0.3, 0.4) is 0 Å². The van der Waals surface area contributed by atoms with Crippen molar-refractivity contribution in [2.24, 2.45) is 0 Å². The molecular weight excluding hydrogens is 358 g/mol. The van der Waals surface area contributed by atoms with Gasteiger partial charge in [-0.05, 0) is 65.1 Å². The van der Waals surface area contributed by atoms with Crippen LogP contribution in [0.15, 0.2) is 59.5 Å². The fourth-order valence-electron chi connectivity index (χ4n) is 2.68. The third-order valence-electron chi connectivity index (χ3n) is 4.17. The van der Waals surface area contributed by atoms with E-state index in [1.807, 2.05) is 0 Å². The zero-order valence-electron chi connectivity index (χ0n) is 14.1. The normalized spacial score (nSPS) is 11.5. The zero-order valence-corrected chi connectivity index (χ0v) is 14.9. The Morgan fingerprint density at radius 3 is 1.81 bits per heavy atom. The Balaban J connectivity index is 2.20. The van der Waals surface area contributed by atoms with Gasteiger partial charge in [0, 0.05) is 6.26 Å². The van der Waals surface area contributed by atoms with Crippen molar-refractivity contribution in [3.63, 3.8) is 0 Å². The molecule has 0 spiro atoms. The minimum absolute atomic E-state index is 0.0469. The van der Waals surface area contributed by atoms with Gasteiger partial charge in [-0.15, -0.1) is 0 Å². The number of rotatable bonds is 3. The monoisotopic (exact) mass is 374 g/mol. The number of halogens is 2. The van der Waals surface area contributed by atoms with Crippen LogP contribution in [-0.2, 0) is 9.84 Å². The molecule has 134 valence electrons. The van der Waals surface area contributed by atoms with E-state index in [2.05, 4.69) is 0 Å². The van der Waals surface area contributed by atoms with E-state index in [1.54, 1.807) is 31.2 Å². The molecule has 0 radical (unpaired) electrons. The van der Waals surface area contributed by atoms with Crippen LogP contribution in [0.2, 0.25) is 0 Å². The number of aryl methyl sites for hydroxylation is 1. The minimum Gasteiger partial charge on any atom is -0.508 e. The van der Waals surface area contributed by atoms with Crippen molar-refractivity contribution in [2.75, 3.05) is 6.26 Å². The van der Waals surface area contributed by atoms with E-state index >= 15 is 0 Å². The molecule has 0 heterocycles. The SMILES string of the molecule is Cc1ccc(-c2cc(F)c(F)cc2-c2ccc(S(C)(=O)=O)cc2)cc1O. The van der Waals surface area contributed by atoms with Gasteiger partial charge in [-0.2, -0.15) is 0 Å². The van der Waals surface area contributed by atoms with Crippen LogP contribution in [0.1, 0.15) is 5.56 Å². The van der Waals surface area contributed by atoms with Gasteiger partial charge in [-0.25, -0.2) is 17.2 Å². The molecule has 0 aliphatic heterocycles. The number of hydrogen-bond acceptors (Lipinski definition) is 3. The summed E-state index contributed by atoms with van der Waals surface area (Å²) in [6.45, 7) is 1.73. The fraction of sp³-hybridized carbons (Fsp3) is 0.100. The number of phenolic OH excluding ortho intramolecular Hbond substituents is 1. The molecule has 0 aliphatic carbocycles. The second-order valence-corrected chi connectivity index (χ2v) is 8.13. The highest BCUT2D eigenvalue weighted by Crippen LogP contribution is 2.36. The van der Waals surface area contributed by atoms with Crippen molar-refractivity contribution < 1.29 is 22.3 Å². The van der Waals surface area contributed by atoms with Crippen molar-refractivity contribution in [3.05, 3.63) is 71.8 Å². The topological polar surface area (TPSA) is 54.4 Å². The lowest BCUT2D eigenvalue weighted by atomic mass is 9.93. The number of hydrogen-bond donors (Lipinski definition) is 1. The van der Waals surface area contributed by atoms with Crippen molar-refractivity contribution in [1.29, 1.82) is 0 Å². The lowest BCUT2D eigenvalue weighted by Crippen LogP contribution is -1.97. The van der Waals surface area contributed by atoms with Gasteiger partial charge in [0.2, 0.25) is 0 Å². The molecule has 26 heavy (non-hydrogen) atoms. The van der Waals surface area contributed by atoms with Crippen LogP contribution >= 0.6 is 0 Å². The molecule has 3 nitrogen and oxygen atoms in total. The predicted molar refractivity (Wildman–Crippen MR) is 96.7 cm³/mol. The standard InChI is InChI=1S/C20H16F2O3S/c1-12-3-4-14(9-20(12)23)17-11-19(22)18(21)10-16(17)13-5-7-15(8-6-13)26(2,24)25/h3-11,23H,1-2H3. The molecule has 0 saturated carbocycles. The summed E-state index contributed by atoms with van der Waals surface area (Å²) in [5.74, 6) is -1.96. The van der Waals surface area contributed by atoms with Gasteiger partial charge >= 0.3 is 0 Å². The highest BCUT2D eigenvalue weighted by atomic mass is 32.2. The van der Waals surface area contributed by atoms with E-state index in [9.17, 15) is 22.3 Å². The van der Waals surface area contributed by atoms with E-state index in [1.165, 1.54) is 18.2 Å². The maximum absolute atomic E-state index is 13.9. The summed E-state index contributed by atoms with van der Waals surface area (Å²) in [6.07, 6.45) is 1.10. The molecular formula is C20H16F2O3S. The highest BCUT2D eigenvalue weighted by molar-refractivity contribution is 7.90. The quantitative estimate of drug-likeness (QED) is 0.722. The third kappa shape index (κ3) is 3.46. The maximum atomic E-state index is 13.9. The minimum atomic E-state index is -3.36. The van der Waals surface area contributed by atoms with Gasteiger partial charge in [0.1, 0.15) is 5.75 Å². The molecule has 0 aliphatic rings. The lowest BCUT2D eigenvalue weighted by Gasteiger charge is -2.13. The average molecular weight is 374 g/mol. The summed E-state index contributed by atoms with van der Waals surface area (Å²) in [5, 5.41) is 9.94. The first-order valence-electron chi connectivity index (χ1n) is 7.76. The molecule has 0 fully saturated rings. The van der Waals surface area contributed by atoms with Gasteiger partial charge in [-0.3, -0.25) is 0 Å². The van der Waals surface area contributed by atoms with E-state index in [4.69, 9.17) is 0 Å². The number of sulfone groups is 1. The highest BCUT2D eigenvalue weighted by Gasteiger charge is 2.15. The lowest BCUT2D eigenvalue weighted by molar-refractivity contribution is 0.471. The Morgan fingerprint density at radius 1 is 0.808 bits per heavy atom. The second kappa shape index (κ2) is 6.53. The molecule has 3 aromatic carbocycles. The van der Waals surface area contributed by atoms with Crippen molar-refractivity contribution in [2.45, 2.75) is 11.8 Å². The Hall–Kier alpha value is -2.73. The first kappa shape index (κ1) is 18.1. The van der Waals surface area contributed by atoms with E-state index < -0.39 is 21.5 Å². The smallest absolute Gasteiger partial charge is 0.175 e. The third-order valence-corrected chi connectivity index (χ3v) is 5.30. The molecule has 0 saturated heterocycles. The number of benzene rings is 3. The Morgan fingerprint density at radius 2 is 1.31 bits per heavy atom. The summed E-state index contributed by atoms with van der Waals surface area (Å²) < 4.78 is 50.9. The fourth-order valence-corrected chi connectivity index (χ4v) is 3.31. The summed E-state index contributed by atoms with van der Waals surface area (Å²) in [7, 11) is -3.36. The summed E-state index contributed by atoms with van der Waals surface area (Å²) in [5.41, 5.74) is 2.51. The number of aromatic hydroxyl groups is 1. The molecule has 0 unspecified atom stereocenters. The van der Waals surface area contributed by atoms with Crippen LogP contribution in [0.25, 0.3) is 22.3 Å². The van der Waals surface area contributed by atoms with Gasteiger partial charge in [-0.1, -0.05) is 24.3 Å². The Bertz CT molecular complexity index is 1090. The van der Waals surface area contributed by atoms with Crippen LogP contribution in [-0.4, -0.2) is 19.8 Å². The van der Waals surface area contributed by atoms with Gasteiger partial charge in [0.25, 0.3) is 0 Å². The molecule has 3 rings (SSSR count). The van der Waals surface area contributed by atoms with Crippen molar-refractivity contribution >= 4 is 9.84 Å². The van der Waals surface area contributed by atoms with Crippen LogP contribution in [0.4, 0.5) is 8.78 Å². The maximum Gasteiger partial charge on any atom is 0.175 e. The van der Waals surface area contributed by atoms with Crippen LogP contribution in [0, 0.1) is 18.6 Å². The van der Waals surface area contributed by atoms with Crippen LogP contribution in [0.5, 0.6) is 5.75 Å². The Kier molecular flexibility index (Phi) is 4.54. The molecule has 3 aromatic rings. The molecule has 1 N–H and O–H groups in total. The van der Waals surface area contributed by atoms with Gasteiger partial charge < -0.3 is 5.11 Å². The molecule has 0 amide bonds. The van der Waals surface area contributed by atoms with E-state index in [0.29, 0.717) is 27.8 Å². The first-order chi connectivity index (χ1) is 12.2. The summed E-state index contributed by atoms with van der Waals surface area (Å²) >= 11 is 0. The first-order valence-corrected chi connectivity index (χ1v) is 9.65. The van der Waals surface area contributed by atoms with Gasteiger partial charge in [0.15, 0.2) is 21.5 Å². The molecule has 0 atom stereocenters. The average Bonchev–Trinajstić information content (AvgIpc) is 2.59. The van der Waals surface area contributed by atoms with Crippen molar-refractivity contribution in [1.82, 2.24) is 0 Å². The molecule has 0 bridgehead atoms. The van der Waals surface area contributed by atoms with Gasteiger partial charge in [0.05, 0.1) is 4.90 Å². The second-order valence-electron chi connectivity index (χ2n) is 6.11. The molecule has 6 heteroatoms. The summed E-state index contributed by atoms with van der Waals surface area (Å²) in [4.78, 5) is 0.137. The zero-order chi connectivity index (χ0) is 19.1.